The number of hydrogen-bond acceptors (Lipinski definition) is 6. The molecule has 0 radical (unpaired) electrons. The Morgan fingerprint density at radius 2 is 2.21 bits per heavy atom. The Morgan fingerprint density at radius 3 is 3.00 bits per heavy atom. The predicted octanol–water partition coefficient (Wildman–Crippen LogP) is 2.66. The number of pyridine rings is 1. The van der Waals surface area contributed by atoms with Gasteiger partial charge in [-0.3, -0.25) is 0 Å². The Balaban J connectivity index is 1.70. The third kappa shape index (κ3) is 3.30. The number of amides is 1. The Kier molecular flexibility index (Phi) is 4.72. The zero-order valence-electron chi connectivity index (χ0n) is 15.8. The van der Waals surface area contributed by atoms with E-state index < -0.39 is 6.09 Å². The van der Waals surface area contributed by atoms with Gasteiger partial charge in [0.2, 0.25) is 5.88 Å². The van der Waals surface area contributed by atoms with Crippen LogP contribution in [-0.4, -0.2) is 61.9 Å². The average Bonchev–Trinajstić information content (AvgIpc) is 3.14. The topological polar surface area (TPSA) is 105 Å². The van der Waals surface area contributed by atoms with Gasteiger partial charge >= 0.3 is 6.09 Å². The molecule has 3 aromatic heterocycles. The fourth-order valence-corrected chi connectivity index (χ4v) is 3.52. The fourth-order valence-electron chi connectivity index (χ4n) is 3.52. The van der Waals surface area contributed by atoms with E-state index in [-0.39, 0.29) is 6.04 Å². The zero-order valence-corrected chi connectivity index (χ0v) is 15.8. The van der Waals surface area contributed by atoms with Gasteiger partial charge in [0.25, 0.3) is 0 Å². The van der Waals surface area contributed by atoms with Gasteiger partial charge in [0, 0.05) is 25.3 Å². The maximum Gasteiger partial charge on any atom is 0.407 e. The standard InChI is InChI=1S/C19H22N6O3/c1-12-16(21-13-6-5-8-24(11-13)19(26)27)22-17(23-18(12)28-2)14-10-20-25-9-4-3-7-15(14)25/h3-4,7,9-10,13H,5-6,8,11H2,1-2H3,(H,26,27)(H,21,22,23)/t13-/m1/s1. The molecule has 2 N–H and O–H groups in total. The fraction of sp³-hybridized carbons (Fsp3) is 0.368. The van der Waals surface area contributed by atoms with Gasteiger partial charge < -0.3 is 20.1 Å². The summed E-state index contributed by atoms with van der Waals surface area (Å²) in [7, 11) is 1.58. The molecule has 9 heteroatoms. The Hall–Kier alpha value is -3.36. The molecule has 4 rings (SSSR count). The van der Waals surface area contributed by atoms with Gasteiger partial charge in [0.05, 0.1) is 30.0 Å². The van der Waals surface area contributed by atoms with Gasteiger partial charge in [-0.1, -0.05) is 6.07 Å². The summed E-state index contributed by atoms with van der Waals surface area (Å²) in [4.78, 5) is 22.0. The van der Waals surface area contributed by atoms with Crippen LogP contribution in [0.2, 0.25) is 0 Å². The lowest BCUT2D eigenvalue weighted by Crippen LogP contribution is -2.44. The molecule has 1 saturated heterocycles. The second-order valence-electron chi connectivity index (χ2n) is 6.83. The molecule has 1 amide bonds. The number of ether oxygens (including phenoxy) is 1. The minimum absolute atomic E-state index is 0.0140. The van der Waals surface area contributed by atoms with Crippen LogP contribution in [0.25, 0.3) is 16.9 Å². The van der Waals surface area contributed by atoms with Gasteiger partial charge in [-0.05, 0) is 31.9 Å². The smallest absolute Gasteiger partial charge is 0.407 e. The minimum atomic E-state index is -0.893. The van der Waals surface area contributed by atoms with E-state index in [1.165, 1.54) is 4.90 Å². The molecule has 1 aliphatic rings. The van der Waals surface area contributed by atoms with Crippen LogP contribution in [0.15, 0.2) is 30.6 Å². The predicted molar refractivity (Wildman–Crippen MR) is 104 cm³/mol. The molecule has 146 valence electrons. The van der Waals surface area contributed by atoms with Crippen molar-refractivity contribution in [2.24, 2.45) is 0 Å². The first-order valence-corrected chi connectivity index (χ1v) is 9.16. The van der Waals surface area contributed by atoms with Crippen molar-refractivity contribution >= 4 is 17.4 Å². The summed E-state index contributed by atoms with van der Waals surface area (Å²) in [6, 6.07) is 5.79. The summed E-state index contributed by atoms with van der Waals surface area (Å²) >= 11 is 0. The third-order valence-electron chi connectivity index (χ3n) is 4.99. The molecular weight excluding hydrogens is 360 g/mol. The van der Waals surface area contributed by atoms with E-state index in [4.69, 9.17) is 9.72 Å². The van der Waals surface area contributed by atoms with Gasteiger partial charge in [0.1, 0.15) is 5.82 Å². The molecular formula is C19H22N6O3. The highest BCUT2D eigenvalue weighted by molar-refractivity contribution is 5.76. The van der Waals surface area contributed by atoms with Crippen molar-refractivity contribution in [2.45, 2.75) is 25.8 Å². The van der Waals surface area contributed by atoms with Crippen LogP contribution < -0.4 is 10.1 Å². The van der Waals surface area contributed by atoms with Crippen LogP contribution in [-0.2, 0) is 0 Å². The number of methoxy groups -OCH3 is 1. The number of carboxylic acid groups (broad SMARTS) is 1. The largest absolute Gasteiger partial charge is 0.481 e. The normalized spacial score (nSPS) is 16.9. The number of aromatic nitrogens is 4. The highest BCUT2D eigenvalue weighted by Crippen LogP contribution is 2.29. The third-order valence-corrected chi connectivity index (χ3v) is 4.99. The highest BCUT2D eigenvalue weighted by atomic mass is 16.5. The average molecular weight is 382 g/mol. The number of anilines is 1. The molecule has 28 heavy (non-hydrogen) atoms. The van der Waals surface area contributed by atoms with E-state index >= 15 is 0 Å². The second kappa shape index (κ2) is 7.34. The highest BCUT2D eigenvalue weighted by Gasteiger charge is 2.25. The first-order valence-electron chi connectivity index (χ1n) is 9.16. The number of hydrogen-bond donors (Lipinski definition) is 2. The van der Waals surface area contributed by atoms with Gasteiger partial charge in [-0.25, -0.2) is 14.3 Å². The van der Waals surface area contributed by atoms with Gasteiger partial charge in [0.15, 0.2) is 5.82 Å². The van der Waals surface area contributed by atoms with E-state index in [2.05, 4.69) is 15.4 Å². The van der Waals surface area contributed by atoms with Gasteiger partial charge in [-0.15, -0.1) is 0 Å². The maximum atomic E-state index is 11.3. The van der Waals surface area contributed by atoms with E-state index in [1.807, 2.05) is 31.3 Å². The van der Waals surface area contributed by atoms with Crippen molar-refractivity contribution in [3.8, 4) is 17.3 Å². The summed E-state index contributed by atoms with van der Waals surface area (Å²) in [6.45, 7) is 2.87. The van der Waals surface area contributed by atoms with Crippen LogP contribution in [0, 0.1) is 6.92 Å². The van der Waals surface area contributed by atoms with Crippen LogP contribution in [0.1, 0.15) is 18.4 Å². The zero-order chi connectivity index (χ0) is 19.7. The van der Waals surface area contributed by atoms with Crippen LogP contribution >= 0.6 is 0 Å². The van der Waals surface area contributed by atoms with Crippen LogP contribution in [0.5, 0.6) is 5.88 Å². The van der Waals surface area contributed by atoms with E-state index in [0.717, 1.165) is 29.5 Å². The number of nitrogens with one attached hydrogen (secondary N) is 1. The number of nitrogens with zero attached hydrogens (tertiary/aromatic N) is 5. The number of likely N-dealkylation sites (tertiary alicyclic amines) is 1. The SMILES string of the molecule is COc1nc(-c2cnn3ccccc23)nc(N[C@@H]2CCCN(C(=O)O)C2)c1C. The van der Waals surface area contributed by atoms with E-state index in [0.29, 0.717) is 30.6 Å². The summed E-state index contributed by atoms with van der Waals surface area (Å²) in [5.74, 6) is 1.64. The molecule has 0 bridgehead atoms. The van der Waals surface area contributed by atoms with Crippen molar-refractivity contribution in [2.75, 3.05) is 25.5 Å². The van der Waals surface area contributed by atoms with Crippen molar-refractivity contribution in [1.82, 2.24) is 24.5 Å². The molecule has 0 unspecified atom stereocenters. The molecule has 1 fully saturated rings. The van der Waals surface area contributed by atoms with Crippen molar-refractivity contribution in [3.05, 3.63) is 36.2 Å². The molecule has 0 aromatic carbocycles. The first-order chi connectivity index (χ1) is 13.6. The van der Waals surface area contributed by atoms with E-state index in [1.54, 1.807) is 17.8 Å². The Labute approximate surface area is 162 Å². The van der Waals surface area contributed by atoms with Gasteiger partial charge in [-0.2, -0.15) is 10.1 Å². The van der Waals surface area contributed by atoms with Crippen molar-refractivity contribution in [3.63, 3.8) is 0 Å². The summed E-state index contributed by atoms with van der Waals surface area (Å²) in [5.41, 5.74) is 2.49. The Bertz CT molecular complexity index is 1020. The van der Waals surface area contributed by atoms with E-state index in [9.17, 15) is 9.90 Å². The molecule has 1 atom stereocenters. The molecule has 3 aromatic rings. The lowest BCUT2D eigenvalue weighted by Gasteiger charge is -2.31. The molecule has 9 nitrogen and oxygen atoms in total. The number of carbonyl (C=O) groups is 1. The molecule has 1 aliphatic heterocycles. The van der Waals surface area contributed by atoms with Crippen LogP contribution in [0.3, 0.4) is 0 Å². The number of rotatable bonds is 4. The summed E-state index contributed by atoms with van der Waals surface area (Å²) in [6.07, 6.45) is 4.39. The molecule has 4 heterocycles. The molecule has 0 aliphatic carbocycles. The number of piperidine rings is 1. The summed E-state index contributed by atoms with van der Waals surface area (Å²) in [5, 5.41) is 17.0. The molecule has 0 saturated carbocycles. The summed E-state index contributed by atoms with van der Waals surface area (Å²) < 4.78 is 7.23. The Morgan fingerprint density at radius 1 is 1.36 bits per heavy atom. The first kappa shape index (κ1) is 18.0. The number of fused-ring (bicyclic) bond motifs is 1. The molecule has 0 spiro atoms. The van der Waals surface area contributed by atoms with Crippen molar-refractivity contribution in [1.29, 1.82) is 0 Å². The minimum Gasteiger partial charge on any atom is -0.481 e. The monoisotopic (exact) mass is 382 g/mol. The quantitative estimate of drug-likeness (QED) is 0.715. The second-order valence-corrected chi connectivity index (χ2v) is 6.83. The maximum absolute atomic E-state index is 11.3. The lowest BCUT2D eigenvalue weighted by atomic mass is 10.1. The van der Waals surface area contributed by atoms with Crippen LogP contribution in [0.4, 0.5) is 10.6 Å². The lowest BCUT2D eigenvalue weighted by molar-refractivity contribution is 0.132. The van der Waals surface area contributed by atoms with Crippen molar-refractivity contribution < 1.29 is 14.6 Å².